The normalized spacial score (nSPS) is 10.6. The van der Waals surface area contributed by atoms with Crippen molar-refractivity contribution in [2.45, 2.75) is 0 Å². The quantitative estimate of drug-likeness (QED) is 0.457. The van der Waals surface area contributed by atoms with Crippen LogP contribution in [0.2, 0.25) is 0 Å². The SMILES string of the molecule is O=C(NC(=S)Nc1ccc(-c2nc3ccccc3s2)cc1)c1cccc(F)c1. The summed E-state index contributed by atoms with van der Waals surface area (Å²) in [6, 6.07) is 21.0. The second-order valence-corrected chi connectivity index (χ2v) is 7.42. The molecule has 0 saturated carbocycles. The van der Waals surface area contributed by atoms with E-state index in [4.69, 9.17) is 12.2 Å². The van der Waals surface area contributed by atoms with Gasteiger partial charge in [-0.3, -0.25) is 10.1 Å². The van der Waals surface area contributed by atoms with Crippen molar-refractivity contribution >= 4 is 50.5 Å². The Bertz CT molecular complexity index is 1140. The second kappa shape index (κ2) is 7.84. The van der Waals surface area contributed by atoms with Gasteiger partial charge < -0.3 is 5.32 Å². The summed E-state index contributed by atoms with van der Waals surface area (Å²) in [7, 11) is 0. The molecule has 28 heavy (non-hydrogen) atoms. The summed E-state index contributed by atoms with van der Waals surface area (Å²) in [5.41, 5.74) is 2.91. The van der Waals surface area contributed by atoms with E-state index in [0.29, 0.717) is 0 Å². The zero-order valence-electron chi connectivity index (χ0n) is 14.5. The summed E-state index contributed by atoms with van der Waals surface area (Å²) >= 11 is 6.80. The molecule has 0 unspecified atom stereocenters. The lowest BCUT2D eigenvalue weighted by molar-refractivity contribution is 0.0977. The minimum atomic E-state index is -0.475. The topological polar surface area (TPSA) is 54.0 Å². The highest BCUT2D eigenvalue weighted by atomic mass is 32.1. The molecule has 1 amide bonds. The molecule has 0 radical (unpaired) electrons. The van der Waals surface area contributed by atoms with E-state index in [0.717, 1.165) is 32.5 Å². The number of fused-ring (bicyclic) bond motifs is 1. The minimum Gasteiger partial charge on any atom is -0.332 e. The molecule has 0 atom stereocenters. The number of para-hydroxylation sites is 1. The van der Waals surface area contributed by atoms with Crippen LogP contribution in [0.15, 0.2) is 72.8 Å². The molecule has 0 aliphatic rings. The monoisotopic (exact) mass is 407 g/mol. The number of halogens is 1. The summed E-state index contributed by atoms with van der Waals surface area (Å²) in [4.78, 5) is 16.7. The van der Waals surface area contributed by atoms with Crippen LogP contribution in [-0.2, 0) is 0 Å². The third kappa shape index (κ3) is 4.05. The molecule has 4 aromatic rings. The Balaban J connectivity index is 1.42. The smallest absolute Gasteiger partial charge is 0.257 e. The number of nitrogens with zero attached hydrogens (tertiary/aromatic N) is 1. The number of amides is 1. The first-order chi connectivity index (χ1) is 13.6. The predicted octanol–water partition coefficient (Wildman–Crippen LogP) is 5.23. The van der Waals surface area contributed by atoms with Gasteiger partial charge in [-0.15, -0.1) is 11.3 Å². The highest BCUT2D eigenvalue weighted by Gasteiger charge is 2.10. The van der Waals surface area contributed by atoms with Gasteiger partial charge in [-0.05, 0) is 66.8 Å². The Morgan fingerprint density at radius 2 is 1.79 bits per heavy atom. The fourth-order valence-corrected chi connectivity index (χ4v) is 3.84. The molecule has 1 aromatic heterocycles. The zero-order valence-corrected chi connectivity index (χ0v) is 16.1. The zero-order chi connectivity index (χ0) is 19.5. The van der Waals surface area contributed by atoms with Crippen molar-refractivity contribution in [3.8, 4) is 10.6 Å². The van der Waals surface area contributed by atoms with Crippen molar-refractivity contribution in [3.05, 3.63) is 84.2 Å². The predicted molar refractivity (Wildman–Crippen MR) is 115 cm³/mol. The number of hydrogen-bond donors (Lipinski definition) is 2. The van der Waals surface area contributed by atoms with Crippen molar-refractivity contribution in [1.82, 2.24) is 10.3 Å². The number of carbonyl (C=O) groups is 1. The first kappa shape index (κ1) is 18.2. The van der Waals surface area contributed by atoms with Crippen LogP contribution in [0.4, 0.5) is 10.1 Å². The highest BCUT2D eigenvalue weighted by Crippen LogP contribution is 2.30. The van der Waals surface area contributed by atoms with Crippen LogP contribution in [0.25, 0.3) is 20.8 Å². The second-order valence-electron chi connectivity index (χ2n) is 5.98. The van der Waals surface area contributed by atoms with Crippen LogP contribution in [0.3, 0.4) is 0 Å². The number of thiocarbonyl (C=S) groups is 1. The van der Waals surface area contributed by atoms with Crippen molar-refractivity contribution in [2.75, 3.05) is 5.32 Å². The molecule has 1 heterocycles. The van der Waals surface area contributed by atoms with Crippen molar-refractivity contribution in [3.63, 3.8) is 0 Å². The lowest BCUT2D eigenvalue weighted by atomic mass is 10.2. The lowest BCUT2D eigenvalue weighted by Crippen LogP contribution is -2.34. The minimum absolute atomic E-state index is 0.141. The molecule has 0 aliphatic heterocycles. The number of carbonyl (C=O) groups excluding carboxylic acids is 1. The highest BCUT2D eigenvalue weighted by molar-refractivity contribution is 7.80. The lowest BCUT2D eigenvalue weighted by Gasteiger charge is -2.10. The molecule has 0 aliphatic carbocycles. The van der Waals surface area contributed by atoms with Crippen LogP contribution >= 0.6 is 23.6 Å². The number of aromatic nitrogens is 1. The molecule has 0 spiro atoms. The first-order valence-electron chi connectivity index (χ1n) is 8.42. The third-order valence-corrected chi connectivity index (χ3v) is 5.29. The molecule has 4 nitrogen and oxygen atoms in total. The van der Waals surface area contributed by atoms with E-state index in [2.05, 4.69) is 15.6 Å². The van der Waals surface area contributed by atoms with E-state index in [1.165, 1.54) is 18.2 Å². The average Bonchev–Trinajstić information content (AvgIpc) is 3.12. The average molecular weight is 407 g/mol. The van der Waals surface area contributed by atoms with Crippen LogP contribution in [0.1, 0.15) is 10.4 Å². The van der Waals surface area contributed by atoms with Gasteiger partial charge in [0.1, 0.15) is 10.8 Å². The number of nitrogens with one attached hydrogen (secondary N) is 2. The van der Waals surface area contributed by atoms with Gasteiger partial charge in [-0.1, -0.05) is 18.2 Å². The number of benzene rings is 3. The van der Waals surface area contributed by atoms with E-state index in [1.54, 1.807) is 11.3 Å². The van der Waals surface area contributed by atoms with Crippen molar-refractivity contribution in [1.29, 1.82) is 0 Å². The fourth-order valence-electron chi connectivity index (χ4n) is 2.66. The first-order valence-corrected chi connectivity index (χ1v) is 9.65. The van der Waals surface area contributed by atoms with Crippen molar-refractivity contribution in [2.24, 2.45) is 0 Å². The molecule has 2 N–H and O–H groups in total. The van der Waals surface area contributed by atoms with Gasteiger partial charge in [-0.25, -0.2) is 9.37 Å². The van der Waals surface area contributed by atoms with Gasteiger partial charge in [0.25, 0.3) is 5.91 Å². The number of hydrogen-bond acceptors (Lipinski definition) is 4. The van der Waals surface area contributed by atoms with Gasteiger partial charge in [0.2, 0.25) is 0 Å². The standard InChI is InChI=1S/C21H14FN3OS2/c22-15-5-3-4-14(12-15)19(26)25-21(27)23-16-10-8-13(9-11-16)20-24-17-6-1-2-7-18(17)28-20/h1-12H,(H2,23,25,26,27). The fraction of sp³-hybridized carbons (Fsp3) is 0. The van der Waals surface area contributed by atoms with Crippen LogP contribution < -0.4 is 10.6 Å². The molecule has 0 bridgehead atoms. The van der Waals surface area contributed by atoms with Gasteiger partial charge in [-0.2, -0.15) is 0 Å². The molecular weight excluding hydrogens is 393 g/mol. The van der Waals surface area contributed by atoms with Gasteiger partial charge in [0, 0.05) is 16.8 Å². The molecule has 4 rings (SSSR count). The Kier molecular flexibility index (Phi) is 5.10. The maximum Gasteiger partial charge on any atom is 0.257 e. The largest absolute Gasteiger partial charge is 0.332 e. The van der Waals surface area contributed by atoms with Crippen LogP contribution in [-0.4, -0.2) is 16.0 Å². The van der Waals surface area contributed by atoms with E-state index in [9.17, 15) is 9.18 Å². The van der Waals surface area contributed by atoms with Gasteiger partial charge >= 0.3 is 0 Å². The summed E-state index contributed by atoms with van der Waals surface area (Å²) in [5, 5.41) is 6.57. The molecule has 138 valence electrons. The maximum absolute atomic E-state index is 13.2. The molecular formula is C21H14FN3OS2. The summed E-state index contributed by atoms with van der Waals surface area (Å²) in [6.07, 6.45) is 0. The number of thiazole rings is 1. The Hall–Kier alpha value is -3.16. The number of anilines is 1. The Labute approximate surface area is 170 Å². The Morgan fingerprint density at radius 1 is 1.00 bits per heavy atom. The summed E-state index contributed by atoms with van der Waals surface area (Å²) in [5.74, 6) is -0.944. The van der Waals surface area contributed by atoms with Gasteiger partial charge in [0.15, 0.2) is 5.11 Å². The van der Waals surface area contributed by atoms with E-state index in [-0.39, 0.29) is 10.7 Å². The van der Waals surface area contributed by atoms with E-state index in [1.807, 2.05) is 48.5 Å². The molecule has 7 heteroatoms. The summed E-state index contributed by atoms with van der Waals surface area (Å²) in [6.45, 7) is 0. The van der Waals surface area contributed by atoms with E-state index < -0.39 is 11.7 Å². The van der Waals surface area contributed by atoms with E-state index >= 15 is 0 Å². The van der Waals surface area contributed by atoms with Crippen LogP contribution in [0, 0.1) is 5.82 Å². The van der Waals surface area contributed by atoms with Gasteiger partial charge in [0.05, 0.1) is 10.2 Å². The third-order valence-electron chi connectivity index (χ3n) is 4.00. The van der Waals surface area contributed by atoms with Crippen LogP contribution in [0.5, 0.6) is 0 Å². The molecule has 0 fully saturated rings. The van der Waals surface area contributed by atoms with Crippen molar-refractivity contribution < 1.29 is 9.18 Å². The Morgan fingerprint density at radius 3 is 2.54 bits per heavy atom. The number of rotatable bonds is 3. The molecule has 3 aromatic carbocycles. The maximum atomic E-state index is 13.2. The molecule has 0 saturated heterocycles. The summed E-state index contributed by atoms with van der Waals surface area (Å²) < 4.78 is 14.4.